The molecule has 0 saturated heterocycles. The standard InChI is InChI=1S/C7H4BrF3N2O4/c8-1-3-4(13(15)16)2-12-6(5(3)14)17-7(9,10)11/h2,14H,1H2. The van der Waals surface area contributed by atoms with E-state index >= 15 is 0 Å². The first kappa shape index (κ1) is 13.5. The number of halogens is 4. The Hall–Kier alpha value is -1.58. The molecular weight excluding hydrogens is 313 g/mol. The molecule has 1 aromatic rings. The van der Waals surface area contributed by atoms with Gasteiger partial charge in [-0.3, -0.25) is 10.1 Å². The molecule has 0 aromatic carbocycles. The lowest BCUT2D eigenvalue weighted by Crippen LogP contribution is -2.18. The molecule has 0 radical (unpaired) electrons. The van der Waals surface area contributed by atoms with Crippen molar-refractivity contribution in [2.45, 2.75) is 11.7 Å². The number of pyridine rings is 1. The molecule has 1 aromatic heterocycles. The Morgan fingerprint density at radius 1 is 1.59 bits per heavy atom. The summed E-state index contributed by atoms with van der Waals surface area (Å²) in [7, 11) is 0. The number of hydrogen-bond acceptors (Lipinski definition) is 5. The molecule has 1 rings (SSSR count). The quantitative estimate of drug-likeness (QED) is 0.526. The Morgan fingerprint density at radius 3 is 2.59 bits per heavy atom. The summed E-state index contributed by atoms with van der Waals surface area (Å²) in [6.07, 6.45) is -4.46. The molecule has 1 N–H and O–H groups in total. The Morgan fingerprint density at radius 2 is 2.18 bits per heavy atom. The maximum Gasteiger partial charge on any atom is 0.574 e. The van der Waals surface area contributed by atoms with Gasteiger partial charge in [-0.1, -0.05) is 15.9 Å². The van der Waals surface area contributed by atoms with Crippen LogP contribution in [0.3, 0.4) is 0 Å². The Labute approximate surface area is 100 Å². The molecule has 0 bridgehead atoms. The number of ether oxygens (including phenoxy) is 1. The van der Waals surface area contributed by atoms with Crippen LogP contribution in [0.1, 0.15) is 5.56 Å². The predicted molar refractivity (Wildman–Crippen MR) is 51.9 cm³/mol. The number of nitrogens with zero attached hydrogens (tertiary/aromatic N) is 2. The average molecular weight is 317 g/mol. The fraction of sp³-hybridized carbons (Fsp3) is 0.286. The van der Waals surface area contributed by atoms with Gasteiger partial charge in [-0.2, -0.15) is 0 Å². The highest BCUT2D eigenvalue weighted by atomic mass is 79.9. The molecule has 0 atom stereocenters. The molecule has 0 aliphatic heterocycles. The SMILES string of the molecule is O=[N+]([O-])c1cnc(OC(F)(F)F)c(O)c1CBr. The van der Waals surface area contributed by atoms with Crippen molar-refractivity contribution in [3.05, 3.63) is 21.9 Å². The highest BCUT2D eigenvalue weighted by Crippen LogP contribution is 2.37. The number of nitro groups is 1. The summed E-state index contributed by atoms with van der Waals surface area (Å²) in [5.74, 6) is -2.15. The summed E-state index contributed by atoms with van der Waals surface area (Å²) in [6.45, 7) is 0. The van der Waals surface area contributed by atoms with E-state index in [2.05, 4.69) is 25.7 Å². The molecule has 6 nitrogen and oxygen atoms in total. The average Bonchev–Trinajstić information content (AvgIpc) is 2.18. The monoisotopic (exact) mass is 316 g/mol. The van der Waals surface area contributed by atoms with Gasteiger partial charge in [0, 0.05) is 5.33 Å². The van der Waals surface area contributed by atoms with E-state index in [0.717, 1.165) is 0 Å². The normalized spacial score (nSPS) is 11.3. The van der Waals surface area contributed by atoms with Crippen LogP contribution in [0.4, 0.5) is 18.9 Å². The number of aromatic hydroxyl groups is 1. The summed E-state index contributed by atoms with van der Waals surface area (Å²) < 4.78 is 39.1. The second kappa shape index (κ2) is 4.73. The maximum atomic E-state index is 11.9. The molecular formula is C7H4BrF3N2O4. The zero-order chi connectivity index (χ0) is 13.2. The van der Waals surface area contributed by atoms with E-state index in [4.69, 9.17) is 0 Å². The summed E-state index contributed by atoms with van der Waals surface area (Å²) in [5.41, 5.74) is -0.946. The first-order valence-electron chi connectivity index (χ1n) is 3.93. The van der Waals surface area contributed by atoms with Gasteiger partial charge >= 0.3 is 6.36 Å². The van der Waals surface area contributed by atoms with Crippen molar-refractivity contribution >= 4 is 21.6 Å². The van der Waals surface area contributed by atoms with Crippen LogP contribution in [0.15, 0.2) is 6.20 Å². The molecule has 0 unspecified atom stereocenters. The van der Waals surface area contributed by atoms with Crippen molar-refractivity contribution in [2.75, 3.05) is 0 Å². The Balaban J connectivity index is 3.25. The molecule has 0 aliphatic rings. The number of alkyl halides is 4. The van der Waals surface area contributed by atoms with Crippen molar-refractivity contribution in [1.29, 1.82) is 0 Å². The molecule has 10 heteroatoms. The predicted octanol–water partition coefficient (Wildman–Crippen LogP) is 2.49. The molecule has 94 valence electrons. The van der Waals surface area contributed by atoms with Crippen LogP contribution < -0.4 is 4.74 Å². The summed E-state index contributed by atoms with van der Waals surface area (Å²) >= 11 is 2.81. The molecule has 0 saturated carbocycles. The van der Waals surface area contributed by atoms with Gasteiger partial charge in [0.25, 0.3) is 11.6 Å². The smallest absolute Gasteiger partial charge is 0.503 e. The maximum absolute atomic E-state index is 11.9. The number of rotatable bonds is 3. The van der Waals surface area contributed by atoms with Crippen molar-refractivity contribution in [3.63, 3.8) is 0 Å². The first-order chi connectivity index (χ1) is 7.76. The third-order valence-corrected chi connectivity index (χ3v) is 2.21. The number of hydrogen-bond donors (Lipinski definition) is 1. The van der Waals surface area contributed by atoms with Gasteiger partial charge in [0.15, 0.2) is 5.75 Å². The van der Waals surface area contributed by atoms with Crippen LogP contribution in [0, 0.1) is 10.1 Å². The van der Waals surface area contributed by atoms with Crippen molar-refractivity contribution in [2.24, 2.45) is 0 Å². The van der Waals surface area contributed by atoms with Gasteiger partial charge < -0.3 is 9.84 Å². The van der Waals surface area contributed by atoms with E-state index in [9.17, 15) is 28.4 Å². The second-order valence-electron chi connectivity index (χ2n) is 2.71. The fourth-order valence-electron chi connectivity index (χ4n) is 0.983. The van der Waals surface area contributed by atoms with Crippen LogP contribution in [0.2, 0.25) is 0 Å². The topological polar surface area (TPSA) is 85.5 Å². The summed E-state index contributed by atoms with van der Waals surface area (Å²) in [5, 5.41) is 19.6. The lowest BCUT2D eigenvalue weighted by molar-refractivity contribution is -0.385. The van der Waals surface area contributed by atoms with Crippen molar-refractivity contribution < 1.29 is 27.9 Å². The van der Waals surface area contributed by atoms with E-state index in [-0.39, 0.29) is 10.9 Å². The van der Waals surface area contributed by atoms with Gasteiger partial charge in [-0.15, -0.1) is 13.2 Å². The van der Waals surface area contributed by atoms with E-state index in [1.165, 1.54) is 0 Å². The van der Waals surface area contributed by atoms with E-state index in [1.807, 2.05) is 0 Å². The van der Waals surface area contributed by atoms with Crippen LogP contribution in [-0.2, 0) is 5.33 Å². The second-order valence-corrected chi connectivity index (χ2v) is 3.28. The molecule has 0 fully saturated rings. The van der Waals surface area contributed by atoms with E-state index < -0.39 is 28.6 Å². The summed E-state index contributed by atoms with van der Waals surface area (Å²) in [4.78, 5) is 12.7. The van der Waals surface area contributed by atoms with E-state index in [0.29, 0.717) is 6.20 Å². The zero-order valence-electron chi connectivity index (χ0n) is 7.86. The minimum Gasteiger partial charge on any atom is -0.503 e. The highest BCUT2D eigenvalue weighted by Gasteiger charge is 2.34. The van der Waals surface area contributed by atoms with Crippen LogP contribution in [-0.4, -0.2) is 21.4 Å². The summed E-state index contributed by atoms with van der Waals surface area (Å²) in [6, 6.07) is 0. The lowest BCUT2D eigenvalue weighted by atomic mass is 10.2. The minimum atomic E-state index is -5.04. The van der Waals surface area contributed by atoms with Crippen molar-refractivity contribution in [1.82, 2.24) is 4.98 Å². The first-order valence-corrected chi connectivity index (χ1v) is 5.05. The largest absolute Gasteiger partial charge is 0.574 e. The van der Waals surface area contributed by atoms with Crippen LogP contribution >= 0.6 is 15.9 Å². The third kappa shape index (κ3) is 3.19. The third-order valence-electron chi connectivity index (χ3n) is 1.64. The molecule has 1 heterocycles. The van der Waals surface area contributed by atoms with E-state index in [1.54, 1.807) is 0 Å². The van der Waals surface area contributed by atoms with Gasteiger partial charge in [0.05, 0.1) is 10.5 Å². The zero-order valence-corrected chi connectivity index (χ0v) is 9.45. The molecule has 0 spiro atoms. The van der Waals surface area contributed by atoms with Gasteiger partial charge in [-0.25, -0.2) is 4.98 Å². The minimum absolute atomic E-state index is 0.216. The Kier molecular flexibility index (Phi) is 3.76. The highest BCUT2D eigenvalue weighted by molar-refractivity contribution is 9.08. The fourth-order valence-corrected chi connectivity index (χ4v) is 1.54. The molecule has 0 aliphatic carbocycles. The van der Waals surface area contributed by atoms with Crippen LogP contribution in [0.5, 0.6) is 11.6 Å². The molecule has 0 amide bonds. The van der Waals surface area contributed by atoms with Gasteiger partial charge in [0.1, 0.15) is 6.20 Å². The lowest BCUT2D eigenvalue weighted by Gasteiger charge is -2.10. The Bertz CT molecular complexity index is 451. The number of aromatic nitrogens is 1. The van der Waals surface area contributed by atoms with Crippen molar-refractivity contribution in [3.8, 4) is 11.6 Å². The van der Waals surface area contributed by atoms with Crippen LogP contribution in [0.25, 0.3) is 0 Å². The van der Waals surface area contributed by atoms with Gasteiger partial charge in [0.2, 0.25) is 0 Å². The van der Waals surface area contributed by atoms with Gasteiger partial charge in [-0.05, 0) is 0 Å². The molecule has 17 heavy (non-hydrogen) atoms.